The lowest BCUT2D eigenvalue weighted by atomic mass is 10.0. The molecule has 1 N–H and O–H groups in total. The molecule has 0 atom stereocenters. The van der Waals surface area contributed by atoms with E-state index in [0.717, 1.165) is 55.4 Å². The first-order valence-corrected chi connectivity index (χ1v) is 10.2. The summed E-state index contributed by atoms with van der Waals surface area (Å²) >= 11 is 0. The van der Waals surface area contributed by atoms with Gasteiger partial charge in [-0.3, -0.25) is 4.79 Å². The fourth-order valence-corrected chi connectivity index (χ4v) is 3.66. The molecule has 0 spiro atoms. The third-order valence-corrected chi connectivity index (χ3v) is 5.28. The Bertz CT molecular complexity index is 981. The molecule has 1 aliphatic heterocycles. The van der Waals surface area contributed by atoms with Crippen LogP contribution in [0.5, 0.6) is 5.75 Å². The van der Waals surface area contributed by atoms with Crippen LogP contribution in [0, 0.1) is 0 Å². The SMILES string of the molecule is COc1ccc(NC(=O)c2ccc(N3CCOCC3)cc2)cc1Cc1ccccc1. The maximum absolute atomic E-state index is 12.7. The van der Waals surface area contributed by atoms with Gasteiger partial charge in [0.2, 0.25) is 0 Å². The molecular weight excluding hydrogens is 376 g/mol. The molecule has 1 saturated heterocycles. The molecule has 0 unspecified atom stereocenters. The van der Waals surface area contributed by atoms with Crippen molar-refractivity contribution in [3.63, 3.8) is 0 Å². The van der Waals surface area contributed by atoms with Crippen molar-refractivity contribution >= 4 is 17.3 Å². The van der Waals surface area contributed by atoms with E-state index in [1.54, 1.807) is 7.11 Å². The number of hydrogen-bond acceptors (Lipinski definition) is 4. The zero-order chi connectivity index (χ0) is 20.8. The minimum absolute atomic E-state index is 0.126. The Morgan fingerprint density at radius 3 is 2.43 bits per heavy atom. The van der Waals surface area contributed by atoms with Gasteiger partial charge in [-0.05, 0) is 48.0 Å². The highest BCUT2D eigenvalue weighted by molar-refractivity contribution is 6.04. The van der Waals surface area contributed by atoms with E-state index in [0.29, 0.717) is 5.56 Å². The maximum Gasteiger partial charge on any atom is 0.255 e. The van der Waals surface area contributed by atoms with Gasteiger partial charge in [0.15, 0.2) is 0 Å². The summed E-state index contributed by atoms with van der Waals surface area (Å²) in [5, 5.41) is 3.01. The van der Waals surface area contributed by atoms with E-state index in [-0.39, 0.29) is 5.91 Å². The monoisotopic (exact) mass is 402 g/mol. The number of amides is 1. The van der Waals surface area contributed by atoms with Gasteiger partial charge >= 0.3 is 0 Å². The van der Waals surface area contributed by atoms with Crippen molar-refractivity contribution in [2.75, 3.05) is 43.6 Å². The van der Waals surface area contributed by atoms with Crippen LogP contribution in [0.2, 0.25) is 0 Å². The number of anilines is 2. The van der Waals surface area contributed by atoms with E-state index in [1.165, 1.54) is 5.56 Å². The molecule has 0 bridgehead atoms. The molecule has 1 aliphatic rings. The van der Waals surface area contributed by atoms with Crippen LogP contribution in [0.3, 0.4) is 0 Å². The van der Waals surface area contributed by atoms with Crippen molar-refractivity contribution in [1.29, 1.82) is 0 Å². The van der Waals surface area contributed by atoms with Gasteiger partial charge in [-0.15, -0.1) is 0 Å². The number of benzene rings is 3. The van der Waals surface area contributed by atoms with Crippen molar-refractivity contribution in [1.82, 2.24) is 0 Å². The molecule has 3 aromatic carbocycles. The second-order valence-corrected chi connectivity index (χ2v) is 7.29. The van der Waals surface area contributed by atoms with Gasteiger partial charge in [-0.1, -0.05) is 30.3 Å². The zero-order valence-electron chi connectivity index (χ0n) is 17.1. The molecule has 1 heterocycles. The van der Waals surface area contributed by atoms with Gasteiger partial charge in [0.05, 0.1) is 20.3 Å². The van der Waals surface area contributed by atoms with Gasteiger partial charge in [0.1, 0.15) is 5.75 Å². The fraction of sp³-hybridized carbons (Fsp3) is 0.240. The molecule has 0 aliphatic carbocycles. The predicted octanol–water partition coefficient (Wildman–Crippen LogP) is 4.37. The molecule has 1 fully saturated rings. The molecule has 4 rings (SSSR count). The number of carbonyl (C=O) groups excluding carboxylic acids is 1. The summed E-state index contributed by atoms with van der Waals surface area (Å²) in [6, 6.07) is 23.7. The first-order valence-electron chi connectivity index (χ1n) is 10.2. The molecule has 0 aromatic heterocycles. The molecular formula is C25H26N2O3. The summed E-state index contributed by atoms with van der Waals surface area (Å²) < 4.78 is 10.9. The van der Waals surface area contributed by atoms with Crippen LogP contribution in [0.15, 0.2) is 72.8 Å². The lowest BCUT2D eigenvalue weighted by Gasteiger charge is -2.28. The van der Waals surface area contributed by atoms with Crippen molar-refractivity contribution in [2.24, 2.45) is 0 Å². The van der Waals surface area contributed by atoms with Crippen molar-refractivity contribution in [3.8, 4) is 5.75 Å². The largest absolute Gasteiger partial charge is 0.496 e. The van der Waals surface area contributed by atoms with Gasteiger partial charge < -0.3 is 19.7 Å². The Hall–Kier alpha value is -3.31. The Labute approximate surface area is 177 Å². The first kappa shape index (κ1) is 20.0. The van der Waals surface area contributed by atoms with Crippen LogP contribution in [0.4, 0.5) is 11.4 Å². The van der Waals surface area contributed by atoms with Crippen LogP contribution >= 0.6 is 0 Å². The van der Waals surface area contributed by atoms with E-state index < -0.39 is 0 Å². The topological polar surface area (TPSA) is 50.8 Å². The van der Waals surface area contributed by atoms with Gasteiger partial charge in [-0.2, -0.15) is 0 Å². The highest BCUT2D eigenvalue weighted by Gasteiger charge is 2.13. The van der Waals surface area contributed by atoms with E-state index in [1.807, 2.05) is 60.7 Å². The van der Waals surface area contributed by atoms with E-state index >= 15 is 0 Å². The zero-order valence-corrected chi connectivity index (χ0v) is 17.1. The molecule has 30 heavy (non-hydrogen) atoms. The normalized spacial score (nSPS) is 13.7. The fourth-order valence-electron chi connectivity index (χ4n) is 3.66. The summed E-state index contributed by atoms with van der Waals surface area (Å²) in [6.07, 6.45) is 0.738. The van der Waals surface area contributed by atoms with Crippen molar-refractivity contribution in [3.05, 3.63) is 89.5 Å². The lowest BCUT2D eigenvalue weighted by Crippen LogP contribution is -2.36. The lowest BCUT2D eigenvalue weighted by molar-refractivity contribution is 0.102. The summed E-state index contributed by atoms with van der Waals surface area (Å²) in [5.41, 5.74) is 4.73. The number of rotatable bonds is 6. The third-order valence-electron chi connectivity index (χ3n) is 5.28. The van der Waals surface area contributed by atoms with Crippen molar-refractivity contribution in [2.45, 2.75) is 6.42 Å². The average molecular weight is 402 g/mol. The minimum Gasteiger partial charge on any atom is -0.496 e. The Morgan fingerprint density at radius 1 is 1.00 bits per heavy atom. The van der Waals surface area contributed by atoms with E-state index in [2.05, 4.69) is 22.3 Å². The van der Waals surface area contributed by atoms with E-state index in [4.69, 9.17) is 9.47 Å². The summed E-state index contributed by atoms with van der Waals surface area (Å²) in [6.45, 7) is 3.24. The molecule has 1 amide bonds. The molecule has 154 valence electrons. The predicted molar refractivity (Wildman–Crippen MR) is 120 cm³/mol. The number of nitrogens with one attached hydrogen (secondary N) is 1. The number of hydrogen-bond donors (Lipinski definition) is 1. The van der Waals surface area contributed by atoms with Crippen molar-refractivity contribution < 1.29 is 14.3 Å². The smallest absolute Gasteiger partial charge is 0.255 e. The summed E-state index contributed by atoms with van der Waals surface area (Å²) in [7, 11) is 1.66. The highest BCUT2D eigenvalue weighted by Crippen LogP contribution is 2.26. The summed E-state index contributed by atoms with van der Waals surface area (Å²) in [4.78, 5) is 15.0. The first-order chi connectivity index (χ1) is 14.7. The van der Waals surface area contributed by atoms with Gasteiger partial charge in [0.25, 0.3) is 5.91 Å². The van der Waals surface area contributed by atoms with Crippen LogP contribution in [-0.2, 0) is 11.2 Å². The van der Waals surface area contributed by atoms with Gasteiger partial charge in [0, 0.05) is 42.0 Å². The second-order valence-electron chi connectivity index (χ2n) is 7.29. The maximum atomic E-state index is 12.7. The number of morpholine rings is 1. The highest BCUT2D eigenvalue weighted by atomic mass is 16.5. The molecule has 0 radical (unpaired) electrons. The summed E-state index contributed by atoms with van der Waals surface area (Å²) in [5.74, 6) is 0.686. The number of methoxy groups -OCH3 is 1. The van der Waals surface area contributed by atoms with Crippen LogP contribution in [0.25, 0.3) is 0 Å². The quantitative estimate of drug-likeness (QED) is 0.665. The Balaban J connectivity index is 1.46. The second kappa shape index (κ2) is 9.46. The molecule has 0 saturated carbocycles. The Morgan fingerprint density at radius 2 is 1.73 bits per heavy atom. The number of ether oxygens (including phenoxy) is 2. The molecule has 3 aromatic rings. The standard InChI is InChI=1S/C25H26N2O3/c1-29-24-12-9-22(18-21(24)17-19-5-3-2-4-6-19)26-25(28)20-7-10-23(11-8-20)27-13-15-30-16-14-27/h2-12,18H,13-17H2,1H3,(H,26,28). The Kier molecular flexibility index (Phi) is 6.30. The van der Waals surface area contributed by atoms with Crippen LogP contribution in [-0.4, -0.2) is 39.3 Å². The minimum atomic E-state index is -0.126. The van der Waals surface area contributed by atoms with E-state index in [9.17, 15) is 4.79 Å². The molecule has 5 nitrogen and oxygen atoms in total. The number of carbonyl (C=O) groups is 1. The third kappa shape index (κ3) is 4.81. The van der Waals surface area contributed by atoms with Crippen LogP contribution < -0.4 is 15.0 Å². The van der Waals surface area contributed by atoms with Crippen LogP contribution in [0.1, 0.15) is 21.5 Å². The van der Waals surface area contributed by atoms with Gasteiger partial charge in [-0.25, -0.2) is 0 Å². The molecule has 5 heteroatoms. The average Bonchev–Trinajstić information content (AvgIpc) is 2.81. The number of nitrogens with zero attached hydrogens (tertiary/aromatic N) is 1.